The average Bonchev–Trinajstić information content (AvgIpc) is 3.17. The van der Waals surface area contributed by atoms with Crippen LogP contribution in [0, 0.1) is 6.92 Å². The third kappa shape index (κ3) is 3.74. The predicted octanol–water partition coefficient (Wildman–Crippen LogP) is 3.03. The molecule has 0 radical (unpaired) electrons. The molecule has 0 saturated heterocycles. The number of hydrogen-bond donors (Lipinski definition) is 2. The zero-order valence-corrected chi connectivity index (χ0v) is 16.4. The monoisotopic (exact) mass is 406 g/mol. The van der Waals surface area contributed by atoms with Gasteiger partial charge < -0.3 is 10.3 Å². The summed E-state index contributed by atoms with van der Waals surface area (Å²) in [6, 6.07) is 13.1. The molecule has 1 aromatic carbocycles. The highest BCUT2D eigenvalue weighted by atomic mass is 32.2. The summed E-state index contributed by atoms with van der Waals surface area (Å²) in [5.74, 6) is -0.246. The SMILES string of the molecule is Cc1ncccc1S(=O)(=O)c1ccc(CNC(=O)c2cc3cnccc3[nH]2)cc1. The summed E-state index contributed by atoms with van der Waals surface area (Å²) in [6.45, 7) is 1.94. The highest BCUT2D eigenvalue weighted by Crippen LogP contribution is 2.23. The van der Waals surface area contributed by atoms with Gasteiger partial charge in [-0.05, 0) is 48.9 Å². The van der Waals surface area contributed by atoms with Crippen LogP contribution < -0.4 is 5.32 Å². The van der Waals surface area contributed by atoms with Crippen molar-refractivity contribution in [3.8, 4) is 0 Å². The van der Waals surface area contributed by atoms with Gasteiger partial charge in [-0.2, -0.15) is 0 Å². The van der Waals surface area contributed by atoms with E-state index in [-0.39, 0.29) is 22.2 Å². The van der Waals surface area contributed by atoms with Crippen molar-refractivity contribution in [3.05, 3.63) is 84.1 Å². The number of pyridine rings is 2. The van der Waals surface area contributed by atoms with Crippen LogP contribution in [0.1, 0.15) is 21.7 Å². The molecule has 0 saturated carbocycles. The Hall–Kier alpha value is -3.52. The van der Waals surface area contributed by atoms with Gasteiger partial charge >= 0.3 is 0 Å². The van der Waals surface area contributed by atoms with E-state index in [1.165, 1.54) is 12.1 Å². The summed E-state index contributed by atoms with van der Waals surface area (Å²) in [4.78, 5) is 23.9. The number of H-pyrrole nitrogens is 1. The summed E-state index contributed by atoms with van der Waals surface area (Å²) in [6.07, 6.45) is 4.90. The fraction of sp³-hybridized carbons (Fsp3) is 0.0952. The van der Waals surface area contributed by atoms with Crippen LogP contribution in [0.5, 0.6) is 0 Å². The summed E-state index contributed by atoms with van der Waals surface area (Å²) in [7, 11) is -3.64. The molecule has 2 N–H and O–H groups in total. The van der Waals surface area contributed by atoms with Crippen LogP contribution >= 0.6 is 0 Å². The van der Waals surface area contributed by atoms with Crippen LogP contribution in [0.3, 0.4) is 0 Å². The molecule has 4 rings (SSSR count). The van der Waals surface area contributed by atoms with E-state index in [1.807, 2.05) is 0 Å². The van der Waals surface area contributed by atoms with E-state index >= 15 is 0 Å². The van der Waals surface area contributed by atoms with E-state index in [4.69, 9.17) is 0 Å². The zero-order valence-electron chi connectivity index (χ0n) is 15.6. The van der Waals surface area contributed by atoms with E-state index < -0.39 is 9.84 Å². The van der Waals surface area contributed by atoms with Gasteiger partial charge in [0.05, 0.1) is 15.5 Å². The van der Waals surface area contributed by atoms with Crippen molar-refractivity contribution in [1.29, 1.82) is 0 Å². The van der Waals surface area contributed by atoms with Gasteiger partial charge in [0.2, 0.25) is 9.84 Å². The molecule has 29 heavy (non-hydrogen) atoms. The van der Waals surface area contributed by atoms with E-state index in [0.29, 0.717) is 11.4 Å². The fourth-order valence-electron chi connectivity index (χ4n) is 3.04. The Labute approximate surface area is 167 Å². The van der Waals surface area contributed by atoms with Gasteiger partial charge in [0.1, 0.15) is 5.69 Å². The van der Waals surface area contributed by atoms with Gasteiger partial charge in [0, 0.05) is 36.0 Å². The molecule has 0 spiro atoms. The first-order chi connectivity index (χ1) is 13.9. The van der Waals surface area contributed by atoms with Crippen molar-refractivity contribution in [2.45, 2.75) is 23.3 Å². The summed E-state index contributed by atoms with van der Waals surface area (Å²) in [5, 5.41) is 3.68. The summed E-state index contributed by atoms with van der Waals surface area (Å²) >= 11 is 0. The fourth-order valence-corrected chi connectivity index (χ4v) is 4.49. The minimum atomic E-state index is -3.64. The quantitative estimate of drug-likeness (QED) is 0.530. The van der Waals surface area contributed by atoms with Crippen molar-refractivity contribution < 1.29 is 13.2 Å². The molecule has 3 heterocycles. The van der Waals surface area contributed by atoms with E-state index in [2.05, 4.69) is 20.3 Å². The maximum atomic E-state index is 12.8. The molecule has 3 aromatic heterocycles. The number of hydrogen-bond acceptors (Lipinski definition) is 5. The Bertz CT molecular complexity index is 1260. The molecule has 0 atom stereocenters. The summed E-state index contributed by atoms with van der Waals surface area (Å²) in [5.41, 5.74) is 2.53. The van der Waals surface area contributed by atoms with Crippen LogP contribution in [0.15, 0.2) is 76.9 Å². The number of nitrogens with zero attached hydrogens (tertiary/aromatic N) is 2. The maximum Gasteiger partial charge on any atom is 0.267 e. The largest absolute Gasteiger partial charge is 0.350 e. The van der Waals surface area contributed by atoms with Gasteiger partial charge in [-0.1, -0.05) is 12.1 Å². The molecule has 7 nitrogen and oxygen atoms in total. The normalized spacial score (nSPS) is 11.5. The van der Waals surface area contributed by atoms with Gasteiger partial charge in [0.15, 0.2) is 0 Å². The molecule has 0 aliphatic carbocycles. The number of sulfone groups is 1. The van der Waals surface area contributed by atoms with Crippen molar-refractivity contribution in [2.24, 2.45) is 0 Å². The lowest BCUT2D eigenvalue weighted by molar-refractivity contribution is 0.0946. The van der Waals surface area contributed by atoms with E-state index in [1.54, 1.807) is 61.9 Å². The Balaban J connectivity index is 1.47. The number of rotatable bonds is 5. The predicted molar refractivity (Wildman–Crippen MR) is 108 cm³/mol. The number of carbonyl (C=O) groups excluding carboxylic acids is 1. The number of fused-ring (bicyclic) bond motifs is 1. The Kier molecular flexibility index (Phi) is 4.85. The lowest BCUT2D eigenvalue weighted by Crippen LogP contribution is -2.23. The lowest BCUT2D eigenvalue weighted by Gasteiger charge is -2.08. The Morgan fingerprint density at radius 1 is 1.10 bits per heavy atom. The third-order valence-corrected chi connectivity index (χ3v) is 6.50. The minimum absolute atomic E-state index is 0.187. The topological polar surface area (TPSA) is 105 Å². The molecule has 0 aliphatic rings. The van der Waals surface area contributed by atoms with Crippen LogP contribution in [0.25, 0.3) is 10.9 Å². The van der Waals surface area contributed by atoms with E-state index in [0.717, 1.165) is 16.5 Å². The van der Waals surface area contributed by atoms with Crippen molar-refractivity contribution in [2.75, 3.05) is 0 Å². The number of aryl methyl sites for hydroxylation is 1. The standard InChI is InChI=1S/C21H18N4O3S/c1-14-20(3-2-9-23-14)29(27,28)17-6-4-15(5-7-17)12-24-21(26)19-11-16-13-22-10-8-18(16)25-19/h2-11,13,25H,12H2,1H3,(H,24,26). The molecule has 0 fully saturated rings. The number of carbonyl (C=O) groups is 1. The second-order valence-electron chi connectivity index (χ2n) is 6.56. The van der Waals surface area contributed by atoms with Crippen molar-refractivity contribution in [1.82, 2.24) is 20.3 Å². The molecule has 8 heteroatoms. The molecule has 146 valence electrons. The first kappa shape index (κ1) is 18.8. The molecule has 0 unspecified atom stereocenters. The van der Waals surface area contributed by atoms with Crippen LogP contribution in [-0.2, 0) is 16.4 Å². The molecular formula is C21H18N4O3S. The van der Waals surface area contributed by atoms with E-state index in [9.17, 15) is 13.2 Å². The second kappa shape index (κ2) is 7.48. The average molecular weight is 406 g/mol. The maximum absolute atomic E-state index is 12.8. The van der Waals surface area contributed by atoms with Crippen molar-refractivity contribution in [3.63, 3.8) is 0 Å². The van der Waals surface area contributed by atoms with Crippen LogP contribution in [-0.4, -0.2) is 29.3 Å². The Morgan fingerprint density at radius 3 is 2.62 bits per heavy atom. The minimum Gasteiger partial charge on any atom is -0.350 e. The first-order valence-electron chi connectivity index (χ1n) is 8.92. The van der Waals surface area contributed by atoms with Gasteiger partial charge in [-0.25, -0.2) is 8.42 Å². The number of benzene rings is 1. The number of aromatic amines is 1. The van der Waals surface area contributed by atoms with Crippen molar-refractivity contribution >= 4 is 26.6 Å². The molecular weight excluding hydrogens is 388 g/mol. The first-order valence-corrected chi connectivity index (χ1v) is 10.4. The summed E-state index contributed by atoms with van der Waals surface area (Å²) < 4.78 is 25.6. The highest BCUT2D eigenvalue weighted by Gasteiger charge is 2.20. The number of aromatic nitrogens is 3. The van der Waals surface area contributed by atoms with Gasteiger partial charge in [0.25, 0.3) is 5.91 Å². The highest BCUT2D eigenvalue weighted by molar-refractivity contribution is 7.91. The molecule has 0 aliphatic heterocycles. The smallest absolute Gasteiger partial charge is 0.267 e. The van der Waals surface area contributed by atoms with Gasteiger partial charge in [-0.15, -0.1) is 0 Å². The Morgan fingerprint density at radius 2 is 1.90 bits per heavy atom. The molecule has 0 bridgehead atoms. The van der Waals surface area contributed by atoms with Crippen LogP contribution in [0.2, 0.25) is 0 Å². The molecule has 4 aromatic rings. The molecule has 1 amide bonds. The van der Waals surface area contributed by atoms with Gasteiger partial charge in [-0.3, -0.25) is 14.8 Å². The lowest BCUT2D eigenvalue weighted by atomic mass is 10.2. The zero-order chi connectivity index (χ0) is 20.4. The number of amides is 1. The number of nitrogens with one attached hydrogen (secondary N) is 2. The third-order valence-electron chi connectivity index (χ3n) is 4.60. The van der Waals surface area contributed by atoms with Crippen LogP contribution in [0.4, 0.5) is 0 Å². The second-order valence-corrected chi connectivity index (χ2v) is 8.48.